The normalized spacial score (nSPS) is 13.2. The summed E-state index contributed by atoms with van der Waals surface area (Å²) in [5, 5.41) is 3.58. The highest BCUT2D eigenvalue weighted by atomic mass is 32.2. The second kappa shape index (κ2) is 5.22. The van der Waals surface area contributed by atoms with Gasteiger partial charge in [-0.1, -0.05) is 30.3 Å². The fraction of sp³-hybridized carbons (Fsp3) is 0.100. The van der Waals surface area contributed by atoms with Gasteiger partial charge in [0.05, 0.1) is 11.4 Å². The second-order valence-electron chi connectivity index (χ2n) is 5.75. The highest BCUT2D eigenvalue weighted by Crippen LogP contribution is 2.44. The standard InChI is InChI=1S/C20H18NS/c1-14-11-15(2)13-16(12-14)22-19-9-5-3-7-17(19)21-18-8-4-6-10-20(18)22/h3-13,21H,1-2H3/q+1. The molecule has 2 heteroatoms. The van der Waals surface area contributed by atoms with Crippen molar-refractivity contribution in [2.24, 2.45) is 0 Å². The minimum atomic E-state index is -0.0410. The molecule has 0 amide bonds. The lowest BCUT2D eigenvalue weighted by atomic mass is 10.2. The number of anilines is 2. The molecule has 3 aromatic rings. The van der Waals surface area contributed by atoms with Crippen LogP contribution in [0, 0.1) is 13.8 Å². The van der Waals surface area contributed by atoms with Crippen molar-refractivity contribution in [1.82, 2.24) is 0 Å². The third-order valence-electron chi connectivity index (χ3n) is 3.91. The largest absolute Gasteiger partial charge is 0.347 e. The monoisotopic (exact) mass is 304 g/mol. The number of fused-ring (bicyclic) bond motifs is 2. The van der Waals surface area contributed by atoms with Crippen LogP contribution in [0.3, 0.4) is 0 Å². The lowest BCUT2D eigenvalue weighted by Crippen LogP contribution is -2.14. The quantitative estimate of drug-likeness (QED) is 0.461. The average molecular weight is 304 g/mol. The summed E-state index contributed by atoms with van der Waals surface area (Å²) in [7, 11) is -0.0410. The van der Waals surface area contributed by atoms with Gasteiger partial charge in [-0.2, -0.15) is 0 Å². The maximum atomic E-state index is 3.58. The van der Waals surface area contributed by atoms with Crippen molar-refractivity contribution in [1.29, 1.82) is 0 Å². The molecule has 3 aromatic carbocycles. The molecule has 1 aliphatic rings. The summed E-state index contributed by atoms with van der Waals surface area (Å²) in [5.74, 6) is 0. The molecule has 1 nitrogen and oxygen atoms in total. The Balaban J connectivity index is 1.98. The number of rotatable bonds is 1. The molecule has 0 unspecified atom stereocenters. The van der Waals surface area contributed by atoms with Crippen LogP contribution in [-0.2, 0) is 10.9 Å². The van der Waals surface area contributed by atoms with Crippen LogP contribution in [0.25, 0.3) is 0 Å². The predicted octanol–water partition coefficient (Wildman–Crippen LogP) is 5.46. The van der Waals surface area contributed by atoms with Gasteiger partial charge in [-0.05, 0) is 61.4 Å². The summed E-state index contributed by atoms with van der Waals surface area (Å²) in [6.07, 6.45) is 0. The van der Waals surface area contributed by atoms with Crippen LogP contribution < -0.4 is 5.32 Å². The lowest BCUT2D eigenvalue weighted by Gasteiger charge is -2.21. The second-order valence-corrected chi connectivity index (χ2v) is 7.71. The van der Waals surface area contributed by atoms with E-state index in [1.807, 2.05) is 0 Å². The summed E-state index contributed by atoms with van der Waals surface area (Å²) in [6.45, 7) is 4.36. The molecule has 1 N–H and O–H groups in total. The number of nitrogens with one attached hydrogen (secondary N) is 1. The molecule has 0 radical (unpaired) electrons. The zero-order chi connectivity index (χ0) is 15.1. The van der Waals surface area contributed by atoms with Crippen molar-refractivity contribution >= 4 is 22.3 Å². The zero-order valence-corrected chi connectivity index (χ0v) is 13.6. The minimum absolute atomic E-state index is 0.0410. The van der Waals surface area contributed by atoms with E-state index in [9.17, 15) is 0 Å². The molecular formula is C20H18NS+. The predicted molar refractivity (Wildman–Crippen MR) is 94.2 cm³/mol. The molecule has 0 aromatic heterocycles. The van der Waals surface area contributed by atoms with Gasteiger partial charge in [-0.3, -0.25) is 0 Å². The van der Waals surface area contributed by atoms with Gasteiger partial charge in [0.25, 0.3) is 0 Å². The van der Waals surface area contributed by atoms with Crippen LogP contribution >= 0.6 is 0 Å². The number of benzene rings is 3. The molecule has 0 saturated heterocycles. The van der Waals surface area contributed by atoms with Crippen LogP contribution in [0.5, 0.6) is 0 Å². The van der Waals surface area contributed by atoms with E-state index in [4.69, 9.17) is 0 Å². The first-order chi connectivity index (χ1) is 10.7. The van der Waals surface area contributed by atoms with Crippen LogP contribution in [0.15, 0.2) is 81.4 Å². The van der Waals surface area contributed by atoms with Crippen molar-refractivity contribution in [3.05, 3.63) is 77.9 Å². The number of aryl methyl sites for hydroxylation is 2. The Labute approximate surface area is 134 Å². The van der Waals surface area contributed by atoms with E-state index in [2.05, 4.69) is 85.9 Å². The highest BCUT2D eigenvalue weighted by Gasteiger charge is 2.37. The molecule has 0 atom stereocenters. The Kier molecular flexibility index (Phi) is 3.20. The summed E-state index contributed by atoms with van der Waals surface area (Å²) in [6, 6.07) is 24.2. The van der Waals surface area contributed by atoms with Crippen molar-refractivity contribution in [2.45, 2.75) is 28.5 Å². The first-order valence-corrected chi connectivity index (χ1v) is 8.72. The Morgan fingerprint density at radius 1 is 0.682 bits per heavy atom. The SMILES string of the molecule is Cc1cc(C)cc([S+]2c3ccccc3Nc3ccccc32)c1. The van der Waals surface area contributed by atoms with E-state index in [1.165, 1.54) is 37.2 Å². The van der Waals surface area contributed by atoms with E-state index in [1.54, 1.807) is 0 Å². The van der Waals surface area contributed by atoms with Crippen LogP contribution in [-0.4, -0.2) is 0 Å². The van der Waals surface area contributed by atoms with Crippen LogP contribution in [0.4, 0.5) is 11.4 Å². The fourth-order valence-corrected chi connectivity index (χ4v) is 5.52. The number of hydrogen-bond acceptors (Lipinski definition) is 1. The third kappa shape index (κ3) is 2.20. The van der Waals surface area contributed by atoms with Crippen molar-refractivity contribution in [2.75, 3.05) is 5.32 Å². The molecule has 0 aliphatic carbocycles. The Hall–Kier alpha value is -2.19. The molecule has 1 aliphatic heterocycles. The van der Waals surface area contributed by atoms with Crippen molar-refractivity contribution in [3.8, 4) is 0 Å². The number of para-hydroxylation sites is 2. The third-order valence-corrected chi connectivity index (χ3v) is 6.21. The van der Waals surface area contributed by atoms with E-state index < -0.39 is 0 Å². The summed E-state index contributed by atoms with van der Waals surface area (Å²) < 4.78 is 0. The maximum absolute atomic E-state index is 3.58. The summed E-state index contributed by atoms with van der Waals surface area (Å²) in [5.41, 5.74) is 5.11. The Bertz CT molecular complexity index is 788. The van der Waals surface area contributed by atoms with E-state index in [0.717, 1.165) is 0 Å². The van der Waals surface area contributed by atoms with E-state index >= 15 is 0 Å². The summed E-state index contributed by atoms with van der Waals surface area (Å²) >= 11 is 0. The number of hydrogen-bond donors (Lipinski definition) is 1. The Morgan fingerprint density at radius 3 is 1.73 bits per heavy atom. The van der Waals surface area contributed by atoms with Gasteiger partial charge in [0.2, 0.25) is 0 Å². The Morgan fingerprint density at radius 2 is 1.18 bits per heavy atom. The molecule has 22 heavy (non-hydrogen) atoms. The topological polar surface area (TPSA) is 12.0 Å². The first-order valence-electron chi connectivity index (χ1n) is 7.50. The van der Waals surface area contributed by atoms with Gasteiger partial charge < -0.3 is 5.32 Å². The maximum Gasteiger partial charge on any atom is 0.190 e. The smallest absolute Gasteiger partial charge is 0.190 e. The van der Waals surface area contributed by atoms with Crippen LogP contribution in [0.2, 0.25) is 0 Å². The molecule has 0 bridgehead atoms. The van der Waals surface area contributed by atoms with Gasteiger partial charge in [0, 0.05) is 0 Å². The summed E-state index contributed by atoms with van der Waals surface area (Å²) in [4.78, 5) is 4.16. The molecule has 4 rings (SSSR count). The first kappa shape index (κ1) is 13.5. The van der Waals surface area contributed by atoms with Gasteiger partial charge in [-0.25, -0.2) is 0 Å². The highest BCUT2D eigenvalue weighted by molar-refractivity contribution is 7.97. The molecule has 0 spiro atoms. The molecule has 0 fully saturated rings. The molecule has 1 heterocycles. The van der Waals surface area contributed by atoms with Crippen LogP contribution in [0.1, 0.15) is 11.1 Å². The minimum Gasteiger partial charge on any atom is -0.347 e. The molecular weight excluding hydrogens is 286 g/mol. The fourth-order valence-electron chi connectivity index (χ4n) is 3.06. The van der Waals surface area contributed by atoms with Gasteiger partial charge in [0.15, 0.2) is 14.7 Å². The zero-order valence-electron chi connectivity index (χ0n) is 12.8. The lowest BCUT2D eigenvalue weighted by molar-refractivity contribution is 1.23. The molecule has 108 valence electrons. The van der Waals surface area contributed by atoms with Gasteiger partial charge >= 0.3 is 0 Å². The van der Waals surface area contributed by atoms with Gasteiger partial charge in [-0.15, -0.1) is 0 Å². The van der Waals surface area contributed by atoms with E-state index in [0.29, 0.717) is 0 Å². The van der Waals surface area contributed by atoms with Crippen molar-refractivity contribution < 1.29 is 0 Å². The van der Waals surface area contributed by atoms with E-state index in [-0.39, 0.29) is 10.9 Å². The molecule has 0 saturated carbocycles. The van der Waals surface area contributed by atoms with Crippen molar-refractivity contribution in [3.63, 3.8) is 0 Å². The van der Waals surface area contributed by atoms with Gasteiger partial charge in [0.1, 0.15) is 10.9 Å². The average Bonchev–Trinajstić information content (AvgIpc) is 2.51.